The molecule has 1 fully saturated rings. The molecule has 5 heteroatoms. The van der Waals surface area contributed by atoms with Gasteiger partial charge in [-0.3, -0.25) is 9.59 Å². The van der Waals surface area contributed by atoms with Gasteiger partial charge in [0, 0.05) is 22.5 Å². The van der Waals surface area contributed by atoms with E-state index in [1.54, 1.807) is 13.8 Å². The topological polar surface area (TPSA) is 94.8 Å². The largest absolute Gasteiger partial charge is 0.507 e. The van der Waals surface area contributed by atoms with Gasteiger partial charge in [-0.1, -0.05) is 41.0 Å². The fourth-order valence-electron chi connectivity index (χ4n) is 5.28. The van der Waals surface area contributed by atoms with E-state index in [1.165, 1.54) is 0 Å². The van der Waals surface area contributed by atoms with Crippen LogP contribution in [0.5, 0.6) is 17.2 Å². The number of phenols is 3. The Morgan fingerprint density at radius 2 is 1.56 bits per heavy atom. The highest BCUT2D eigenvalue weighted by molar-refractivity contribution is 6.47. The lowest BCUT2D eigenvalue weighted by atomic mass is 9.49. The minimum atomic E-state index is -0.795. The molecule has 0 bridgehead atoms. The molecule has 2 atom stereocenters. The van der Waals surface area contributed by atoms with Gasteiger partial charge in [-0.15, -0.1) is 0 Å². The summed E-state index contributed by atoms with van der Waals surface area (Å²) in [5, 5.41) is 31.9. The molecular formula is C20H26O5. The molecule has 3 N–H and O–H groups in total. The Morgan fingerprint density at radius 3 is 2.12 bits per heavy atom. The summed E-state index contributed by atoms with van der Waals surface area (Å²) >= 11 is 0. The monoisotopic (exact) mass is 346 g/mol. The fourth-order valence-corrected chi connectivity index (χ4v) is 5.28. The molecule has 5 nitrogen and oxygen atoms in total. The first kappa shape index (κ1) is 17.8. The Kier molecular flexibility index (Phi) is 3.72. The molecule has 0 saturated heterocycles. The van der Waals surface area contributed by atoms with E-state index in [1.807, 2.05) is 20.8 Å². The Labute approximate surface area is 147 Å². The third kappa shape index (κ3) is 2.14. The molecule has 2 aliphatic rings. The van der Waals surface area contributed by atoms with Crippen molar-refractivity contribution >= 4 is 11.6 Å². The van der Waals surface area contributed by atoms with Gasteiger partial charge in [-0.25, -0.2) is 0 Å². The van der Waals surface area contributed by atoms with E-state index in [4.69, 9.17) is 0 Å². The average Bonchev–Trinajstić information content (AvgIpc) is 2.47. The minimum Gasteiger partial charge on any atom is -0.507 e. The summed E-state index contributed by atoms with van der Waals surface area (Å²) in [6.45, 7) is 9.26. The van der Waals surface area contributed by atoms with Crippen LogP contribution in [0, 0.1) is 11.3 Å². The van der Waals surface area contributed by atoms with Crippen LogP contribution in [0.1, 0.15) is 81.3 Å². The van der Waals surface area contributed by atoms with E-state index in [2.05, 4.69) is 0 Å². The van der Waals surface area contributed by atoms with Crippen LogP contribution in [0.4, 0.5) is 0 Å². The second kappa shape index (κ2) is 5.23. The number of carbonyl (C=O) groups excluding carboxylic acids is 2. The van der Waals surface area contributed by atoms with Crippen LogP contribution < -0.4 is 0 Å². The van der Waals surface area contributed by atoms with E-state index in [-0.39, 0.29) is 34.1 Å². The van der Waals surface area contributed by atoms with Gasteiger partial charge >= 0.3 is 0 Å². The zero-order valence-corrected chi connectivity index (χ0v) is 15.4. The summed E-state index contributed by atoms with van der Waals surface area (Å²) in [6, 6.07) is 0. The molecule has 2 aliphatic carbocycles. The lowest BCUT2D eigenvalue weighted by Gasteiger charge is -2.52. The summed E-state index contributed by atoms with van der Waals surface area (Å²) in [4.78, 5) is 25.8. The van der Waals surface area contributed by atoms with E-state index in [0.717, 1.165) is 12.8 Å². The van der Waals surface area contributed by atoms with Crippen LogP contribution in [0.25, 0.3) is 0 Å². The minimum absolute atomic E-state index is 0.106. The molecular weight excluding hydrogens is 320 g/mol. The zero-order chi connectivity index (χ0) is 18.9. The number of ketones is 2. The molecule has 1 aromatic carbocycles. The van der Waals surface area contributed by atoms with Crippen molar-refractivity contribution in [3.8, 4) is 17.2 Å². The summed E-state index contributed by atoms with van der Waals surface area (Å²) in [5.41, 5.74) is -0.980. The molecule has 0 radical (unpaired) electrons. The molecule has 0 aromatic heterocycles. The van der Waals surface area contributed by atoms with E-state index in [9.17, 15) is 24.9 Å². The zero-order valence-electron chi connectivity index (χ0n) is 15.4. The number of phenolic OH excluding ortho intramolecular Hbond substituents is 3. The number of aromatic hydroxyl groups is 3. The van der Waals surface area contributed by atoms with Gasteiger partial charge in [0.2, 0.25) is 11.6 Å². The van der Waals surface area contributed by atoms with Crippen molar-refractivity contribution in [3.05, 3.63) is 16.7 Å². The summed E-state index contributed by atoms with van der Waals surface area (Å²) in [5.74, 6) is -3.30. The van der Waals surface area contributed by atoms with Gasteiger partial charge in [-0.05, 0) is 24.2 Å². The van der Waals surface area contributed by atoms with Crippen LogP contribution >= 0.6 is 0 Å². The molecule has 136 valence electrons. The number of benzene rings is 1. The van der Waals surface area contributed by atoms with Crippen LogP contribution in [0.3, 0.4) is 0 Å². The van der Waals surface area contributed by atoms with Crippen molar-refractivity contribution in [2.45, 2.75) is 65.2 Å². The molecule has 25 heavy (non-hydrogen) atoms. The first-order valence-corrected chi connectivity index (χ1v) is 8.85. The van der Waals surface area contributed by atoms with Crippen molar-refractivity contribution in [1.29, 1.82) is 0 Å². The van der Waals surface area contributed by atoms with E-state index >= 15 is 0 Å². The summed E-state index contributed by atoms with van der Waals surface area (Å²) in [7, 11) is 0. The third-order valence-corrected chi connectivity index (χ3v) is 6.26. The maximum atomic E-state index is 13.0. The van der Waals surface area contributed by atoms with Gasteiger partial charge in [0.1, 0.15) is 5.75 Å². The van der Waals surface area contributed by atoms with Gasteiger partial charge in [-0.2, -0.15) is 0 Å². The number of Topliss-reactive ketones (excluding diaryl/α,β-unsaturated/α-hetero) is 2. The highest BCUT2D eigenvalue weighted by Gasteiger charge is 2.59. The molecule has 1 unspecified atom stereocenters. The standard InChI is InChI=1S/C20H26O5/c1-9(2)10-13(21)11-12(16(24)14(10)22)20(5)8-6-7-19(3,4)18(20)17(25)15(11)23/h9,18,21-22,24H,6-8H2,1-5H3/t18-,20?/m0/s1. The highest BCUT2D eigenvalue weighted by atomic mass is 16.3. The maximum absolute atomic E-state index is 13.0. The van der Waals surface area contributed by atoms with Crippen molar-refractivity contribution in [2.75, 3.05) is 0 Å². The quantitative estimate of drug-likeness (QED) is 0.409. The summed E-state index contributed by atoms with van der Waals surface area (Å²) in [6.07, 6.45) is 2.26. The van der Waals surface area contributed by atoms with E-state index in [0.29, 0.717) is 6.42 Å². The van der Waals surface area contributed by atoms with Crippen LogP contribution in [0.15, 0.2) is 0 Å². The number of carbonyl (C=O) groups is 2. The van der Waals surface area contributed by atoms with Crippen molar-refractivity contribution < 1.29 is 24.9 Å². The van der Waals surface area contributed by atoms with E-state index < -0.39 is 34.1 Å². The second-order valence-corrected chi connectivity index (χ2v) is 8.75. The van der Waals surface area contributed by atoms with Crippen LogP contribution in [-0.4, -0.2) is 26.9 Å². The number of rotatable bonds is 1. The molecule has 0 spiro atoms. The third-order valence-electron chi connectivity index (χ3n) is 6.26. The van der Waals surface area contributed by atoms with Crippen molar-refractivity contribution in [3.63, 3.8) is 0 Å². The van der Waals surface area contributed by atoms with Crippen LogP contribution in [0.2, 0.25) is 0 Å². The highest BCUT2D eigenvalue weighted by Crippen LogP contribution is 2.61. The number of hydrogen-bond donors (Lipinski definition) is 3. The fraction of sp³-hybridized carbons (Fsp3) is 0.600. The van der Waals surface area contributed by atoms with Gasteiger partial charge in [0.25, 0.3) is 0 Å². The molecule has 0 heterocycles. The van der Waals surface area contributed by atoms with Crippen molar-refractivity contribution in [1.82, 2.24) is 0 Å². The predicted octanol–water partition coefficient (Wildman–Crippen LogP) is 3.78. The second-order valence-electron chi connectivity index (χ2n) is 8.75. The van der Waals surface area contributed by atoms with Gasteiger partial charge in [0.15, 0.2) is 11.5 Å². The SMILES string of the molecule is CC(C)c1c(O)c(O)c2c(c1O)C(=O)C(=O)[C@H]1C(C)(C)CCCC21C. The Morgan fingerprint density at radius 1 is 0.960 bits per heavy atom. The summed E-state index contributed by atoms with van der Waals surface area (Å²) < 4.78 is 0. The Bertz CT molecular complexity index is 790. The number of fused-ring (bicyclic) bond motifs is 3. The maximum Gasteiger partial charge on any atom is 0.233 e. The van der Waals surface area contributed by atoms with Crippen LogP contribution in [-0.2, 0) is 10.2 Å². The Hall–Kier alpha value is -2.04. The first-order chi connectivity index (χ1) is 11.4. The van der Waals surface area contributed by atoms with Gasteiger partial charge in [0.05, 0.1) is 5.56 Å². The average molecular weight is 346 g/mol. The predicted molar refractivity (Wildman–Crippen MR) is 93.3 cm³/mol. The normalized spacial score (nSPS) is 28.0. The molecule has 3 rings (SSSR count). The molecule has 1 saturated carbocycles. The lowest BCUT2D eigenvalue weighted by Crippen LogP contribution is -2.54. The molecule has 1 aromatic rings. The Balaban J connectivity index is 2.43. The number of hydrogen-bond acceptors (Lipinski definition) is 5. The van der Waals surface area contributed by atoms with Crippen molar-refractivity contribution in [2.24, 2.45) is 11.3 Å². The smallest absolute Gasteiger partial charge is 0.233 e. The van der Waals surface area contributed by atoms with Gasteiger partial charge < -0.3 is 15.3 Å². The molecule has 0 amide bonds. The first-order valence-electron chi connectivity index (χ1n) is 8.85. The lowest BCUT2D eigenvalue weighted by molar-refractivity contribution is -0.128. The molecule has 0 aliphatic heterocycles.